The fraction of sp³-hybridized carbons (Fsp3) is 0.605. The molecule has 2 aromatic carbocycles. The molecule has 1 N–H and O–H groups in total. The number of carbonyl (C=O) groups is 2. The molecule has 2 aromatic rings. The van der Waals surface area contributed by atoms with Gasteiger partial charge in [-0.1, -0.05) is 132 Å². The van der Waals surface area contributed by atoms with Gasteiger partial charge in [-0.05, 0) is 76.1 Å². The summed E-state index contributed by atoms with van der Waals surface area (Å²) in [5, 5.41) is 12.0. The van der Waals surface area contributed by atoms with Crippen LogP contribution in [0.4, 0.5) is 4.39 Å². The highest BCUT2D eigenvalue weighted by Gasteiger charge is 2.59. The lowest BCUT2D eigenvalue weighted by atomic mass is 9.75. The molecule has 0 bridgehead atoms. The number of benzene rings is 2. The molecule has 1 aliphatic rings. The minimum Gasteiger partial charge on any atom is -0.458 e. The van der Waals surface area contributed by atoms with Crippen molar-refractivity contribution < 1.29 is 28.6 Å². The van der Waals surface area contributed by atoms with E-state index in [1.807, 2.05) is 86.3 Å². The normalized spacial score (nSPS) is 17.2. The minimum absolute atomic E-state index is 0.0760. The fourth-order valence-corrected chi connectivity index (χ4v) is 8.31. The largest absolute Gasteiger partial charge is 0.458 e. The summed E-state index contributed by atoms with van der Waals surface area (Å²) in [6.07, 6.45) is 12.9. The molecule has 0 aliphatic carbocycles. The number of nitrogens with zero attached hydrogens (tertiary/aromatic N) is 1. The second-order valence-electron chi connectivity index (χ2n) is 15.2. The Labute approximate surface area is 322 Å². The number of carbonyl (C=O) groups excluding carboxylic acids is 2. The van der Waals surface area contributed by atoms with Gasteiger partial charge < -0.3 is 14.6 Å². The molecule has 3 rings (SSSR count). The number of esters is 1. The number of thioether (sulfide) groups is 1. The van der Waals surface area contributed by atoms with Crippen LogP contribution in [-0.2, 0) is 24.7 Å². The van der Waals surface area contributed by atoms with Crippen molar-refractivity contribution in [1.82, 2.24) is 4.90 Å². The van der Waals surface area contributed by atoms with Gasteiger partial charge in [-0.3, -0.25) is 14.1 Å². The van der Waals surface area contributed by atoms with Crippen LogP contribution < -0.4 is 0 Å². The van der Waals surface area contributed by atoms with Crippen molar-refractivity contribution in [3.8, 4) is 0 Å². The lowest BCUT2D eigenvalue weighted by Crippen LogP contribution is -2.54. The molecule has 288 valence electrons. The highest BCUT2D eigenvalue weighted by atomic mass is 32.2. The molecule has 1 fully saturated rings. The molecular weight excluding hydrogens is 694 g/mol. The lowest BCUT2D eigenvalue weighted by molar-refractivity contribution is -0.175. The Kier molecular flexibility index (Phi) is 17.8. The second kappa shape index (κ2) is 21.2. The lowest BCUT2D eigenvalue weighted by Gasteiger charge is -2.39. The Morgan fingerprint density at radius 3 is 1.94 bits per heavy atom. The molecule has 1 amide bonds. The van der Waals surface area contributed by atoms with E-state index in [4.69, 9.17) is 21.7 Å². The van der Waals surface area contributed by atoms with E-state index in [0.29, 0.717) is 6.42 Å². The quantitative estimate of drug-likeness (QED) is 0.0555. The number of alkyl halides is 1. The number of halogens is 1. The maximum atomic E-state index is 15.0. The SMILES string of the molecule is CCCCCCCSCCCCCCC/C=C(\C(=O)N1C(=S)OC(c2ccccc2)(c2ccccc2)[C@@H]1C(C)C)[C@@](O)(CCF)C(=O)OC(C)(C)C. The first-order valence-corrected chi connectivity index (χ1v) is 20.9. The van der Waals surface area contributed by atoms with Gasteiger partial charge in [-0.25, -0.2) is 4.79 Å². The summed E-state index contributed by atoms with van der Waals surface area (Å²) in [7, 11) is 0. The van der Waals surface area contributed by atoms with Gasteiger partial charge in [0.15, 0.2) is 11.2 Å². The molecule has 6 nitrogen and oxygen atoms in total. The van der Waals surface area contributed by atoms with Crippen molar-refractivity contribution in [3.63, 3.8) is 0 Å². The van der Waals surface area contributed by atoms with Crippen LogP contribution in [0.25, 0.3) is 0 Å². The molecule has 0 aromatic heterocycles. The number of aliphatic hydroxyl groups is 1. The van der Waals surface area contributed by atoms with Crippen LogP contribution in [0.1, 0.15) is 130 Å². The van der Waals surface area contributed by atoms with Crippen LogP contribution in [-0.4, -0.2) is 62.5 Å². The predicted molar refractivity (Wildman–Crippen MR) is 216 cm³/mol. The van der Waals surface area contributed by atoms with E-state index in [9.17, 15) is 19.1 Å². The van der Waals surface area contributed by atoms with Crippen LogP contribution >= 0.6 is 24.0 Å². The molecule has 1 aliphatic heterocycles. The number of rotatable bonds is 22. The maximum absolute atomic E-state index is 15.0. The van der Waals surface area contributed by atoms with Crippen molar-refractivity contribution in [1.29, 1.82) is 0 Å². The van der Waals surface area contributed by atoms with Crippen molar-refractivity contribution >= 4 is 41.0 Å². The third-order valence-electron chi connectivity index (χ3n) is 9.50. The van der Waals surface area contributed by atoms with Crippen LogP contribution in [0.5, 0.6) is 0 Å². The second-order valence-corrected chi connectivity index (χ2v) is 16.8. The van der Waals surface area contributed by atoms with Gasteiger partial charge in [0.25, 0.3) is 11.1 Å². The Bertz CT molecular complexity index is 1390. The molecule has 0 radical (unpaired) electrons. The van der Waals surface area contributed by atoms with Crippen molar-refractivity contribution in [2.45, 2.75) is 141 Å². The van der Waals surface area contributed by atoms with Crippen molar-refractivity contribution in [3.05, 3.63) is 83.4 Å². The summed E-state index contributed by atoms with van der Waals surface area (Å²) in [4.78, 5) is 30.1. The topological polar surface area (TPSA) is 76.1 Å². The molecule has 1 saturated heterocycles. The van der Waals surface area contributed by atoms with Gasteiger partial charge in [0, 0.05) is 17.5 Å². The summed E-state index contributed by atoms with van der Waals surface area (Å²) < 4.78 is 26.5. The first kappa shape index (κ1) is 43.7. The molecular formula is C43H62FNO5S2. The number of ether oxygens (including phenoxy) is 2. The van der Waals surface area contributed by atoms with Gasteiger partial charge in [-0.15, -0.1) is 0 Å². The Morgan fingerprint density at radius 1 is 0.923 bits per heavy atom. The number of thiocarbonyl (C=S) groups is 1. The Morgan fingerprint density at radius 2 is 1.44 bits per heavy atom. The van der Waals surface area contributed by atoms with Crippen LogP contribution in [0, 0.1) is 5.92 Å². The fourth-order valence-electron chi connectivity index (χ4n) is 6.96. The minimum atomic E-state index is -2.53. The number of hydrogen-bond acceptors (Lipinski definition) is 7. The zero-order valence-corrected chi connectivity index (χ0v) is 34.0. The molecule has 52 heavy (non-hydrogen) atoms. The molecule has 2 atom stereocenters. The molecule has 9 heteroatoms. The Hall–Kier alpha value is -2.75. The molecule has 0 unspecified atom stereocenters. The first-order chi connectivity index (χ1) is 24.8. The summed E-state index contributed by atoms with van der Waals surface area (Å²) in [5.74, 6) is 0.448. The summed E-state index contributed by atoms with van der Waals surface area (Å²) in [5.41, 5.74) is -3.31. The van der Waals surface area contributed by atoms with E-state index < -0.39 is 47.8 Å². The van der Waals surface area contributed by atoms with Gasteiger partial charge in [-0.2, -0.15) is 11.8 Å². The molecule has 1 heterocycles. The van der Waals surface area contributed by atoms with E-state index in [0.717, 1.165) is 36.8 Å². The zero-order valence-electron chi connectivity index (χ0n) is 32.3. The third-order valence-corrected chi connectivity index (χ3v) is 10.9. The highest BCUT2D eigenvalue weighted by Crippen LogP contribution is 2.48. The van der Waals surface area contributed by atoms with E-state index in [-0.39, 0.29) is 16.7 Å². The average molecular weight is 756 g/mol. The first-order valence-electron chi connectivity index (χ1n) is 19.3. The van der Waals surface area contributed by atoms with Gasteiger partial charge in [0.1, 0.15) is 5.60 Å². The summed E-state index contributed by atoms with van der Waals surface area (Å²) in [6.45, 7) is 10.2. The number of amides is 1. The maximum Gasteiger partial charge on any atom is 0.343 e. The molecule has 0 saturated carbocycles. The van der Waals surface area contributed by atoms with E-state index in [1.165, 1.54) is 54.9 Å². The zero-order chi connectivity index (χ0) is 38.2. The van der Waals surface area contributed by atoms with Crippen molar-refractivity contribution in [2.75, 3.05) is 18.2 Å². The van der Waals surface area contributed by atoms with Crippen LogP contribution in [0.2, 0.25) is 0 Å². The van der Waals surface area contributed by atoms with E-state index >= 15 is 0 Å². The van der Waals surface area contributed by atoms with E-state index in [2.05, 4.69) is 6.92 Å². The third kappa shape index (κ3) is 11.6. The van der Waals surface area contributed by atoms with Gasteiger partial charge in [0.05, 0.1) is 18.3 Å². The standard InChI is InChI=1S/C43H62FNO5S2/c1-7-8-9-13-22-31-52-32-23-14-11-10-12-21-28-36(42(48,29-30-44)39(47)49-41(4,5)6)38(46)45-37(33(2)3)43(50-40(45)51,34-24-17-15-18-25-34)35-26-19-16-20-27-35/h15-20,24-28,33,37,48H,7-14,21-23,29-32H2,1-6H3/b36-28+/t37-,42-/m0/s1. The molecule has 0 spiro atoms. The van der Waals surface area contributed by atoms with Gasteiger partial charge in [0.2, 0.25) is 0 Å². The summed E-state index contributed by atoms with van der Waals surface area (Å²) in [6, 6.07) is 18.6. The number of hydrogen-bond donors (Lipinski definition) is 1. The predicted octanol–water partition coefficient (Wildman–Crippen LogP) is 10.5. The van der Waals surface area contributed by atoms with Crippen LogP contribution in [0.15, 0.2) is 72.3 Å². The van der Waals surface area contributed by atoms with Crippen LogP contribution in [0.3, 0.4) is 0 Å². The van der Waals surface area contributed by atoms with Gasteiger partial charge >= 0.3 is 5.97 Å². The summed E-state index contributed by atoms with van der Waals surface area (Å²) >= 11 is 7.89. The average Bonchev–Trinajstić information content (AvgIpc) is 3.44. The smallest absolute Gasteiger partial charge is 0.343 e. The number of allylic oxidation sites excluding steroid dienone is 1. The monoisotopic (exact) mass is 755 g/mol. The number of unbranched alkanes of at least 4 members (excludes halogenated alkanes) is 9. The van der Waals surface area contributed by atoms with E-state index in [1.54, 1.807) is 26.8 Å². The Balaban J connectivity index is 1.89. The van der Waals surface area contributed by atoms with Crippen molar-refractivity contribution in [2.24, 2.45) is 5.92 Å². The highest BCUT2D eigenvalue weighted by molar-refractivity contribution is 7.99.